The van der Waals surface area contributed by atoms with E-state index in [-0.39, 0.29) is 40.0 Å². The number of nitrogens with zero attached hydrogens (tertiary/aromatic N) is 1. The summed E-state index contributed by atoms with van der Waals surface area (Å²) in [5.74, 6) is 7.02. The van der Waals surface area contributed by atoms with Gasteiger partial charge in [0.25, 0.3) is 8.32 Å². The van der Waals surface area contributed by atoms with Gasteiger partial charge in [-0.25, -0.2) is 12.7 Å². The molecule has 5 rings (SSSR count). The van der Waals surface area contributed by atoms with Crippen LogP contribution in [0.3, 0.4) is 0 Å². The molecule has 5 nitrogen and oxygen atoms in total. The second kappa shape index (κ2) is 12.2. The standard InChI is InChI=1S/C36H49NO4SSi/c1-34(2,3)43(30-19-13-11-14-20-30,31-21-15-12-16-22-31)41-26-18-10-8-6-7-9-17-23-33(38)37-32-27-29-24-25-36(32,35(29,4)5)28-42(37,39)40/h11-16,19-22,29,32H,7,9-10,17-18,23-28H2,1-5H3/t29-,32?,36-/m0/s1. The Morgan fingerprint density at radius 3 is 2.09 bits per heavy atom. The molecule has 1 aliphatic heterocycles. The molecule has 1 spiro atoms. The number of sulfonamides is 1. The molecule has 0 radical (unpaired) electrons. The molecule has 2 saturated carbocycles. The zero-order valence-electron chi connectivity index (χ0n) is 26.7. The summed E-state index contributed by atoms with van der Waals surface area (Å²) in [5, 5.41) is 2.53. The van der Waals surface area contributed by atoms with E-state index in [2.05, 4.69) is 107 Å². The Kier molecular flexibility index (Phi) is 9.06. The summed E-state index contributed by atoms with van der Waals surface area (Å²) >= 11 is 0. The van der Waals surface area contributed by atoms with Gasteiger partial charge in [-0.15, -0.1) is 11.8 Å². The minimum Gasteiger partial charge on any atom is -0.407 e. The van der Waals surface area contributed by atoms with E-state index in [1.807, 2.05) is 0 Å². The molecule has 1 amide bonds. The number of unbranched alkanes of at least 4 members (excludes halogenated alkanes) is 3. The van der Waals surface area contributed by atoms with Crippen molar-refractivity contribution in [2.45, 2.75) is 103 Å². The quantitative estimate of drug-likeness (QED) is 0.179. The average Bonchev–Trinajstić information content (AvgIpc) is 3.44. The third-order valence-corrected chi connectivity index (χ3v) is 17.9. The van der Waals surface area contributed by atoms with Crippen molar-refractivity contribution in [2.75, 3.05) is 12.4 Å². The maximum absolute atomic E-state index is 13.2. The van der Waals surface area contributed by atoms with Crippen molar-refractivity contribution in [3.63, 3.8) is 0 Å². The number of fused-ring (bicyclic) bond motifs is 1. The third-order valence-electron chi connectivity index (χ3n) is 10.9. The molecule has 7 heteroatoms. The minimum absolute atomic E-state index is 0.0140. The summed E-state index contributed by atoms with van der Waals surface area (Å²) in [4.78, 5) is 13.2. The van der Waals surface area contributed by atoms with Crippen LogP contribution in [-0.4, -0.2) is 45.3 Å². The Morgan fingerprint density at radius 2 is 1.53 bits per heavy atom. The zero-order valence-corrected chi connectivity index (χ0v) is 28.5. The van der Waals surface area contributed by atoms with Crippen LogP contribution in [-0.2, 0) is 19.2 Å². The first-order valence-electron chi connectivity index (χ1n) is 16.1. The van der Waals surface area contributed by atoms with Gasteiger partial charge in [0.2, 0.25) is 15.9 Å². The van der Waals surface area contributed by atoms with Gasteiger partial charge in [-0.1, -0.05) is 95.3 Å². The molecule has 3 fully saturated rings. The normalized spacial score (nSPS) is 25.3. The van der Waals surface area contributed by atoms with Crippen molar-refractivity contribution in [1.29, 1.82) is 0 Å². The number of hydrogen-bond acceptors (Lipinski definition) is 4. The predicted octanol–water partition coefficient (Wildman–Crippen LogP) is 6.27. The number of carbonyl (C=O) groups is 1. The minimum atomic E-state index is -3.53. The summed E-state index contributed by atoms with van der Waals surface area (Å²) in [6.45, 7) is 12.0. The highest BCUT2D eigenvalue weighted by Gasteiger charge is 2.72. The smallest absolute Gasteiger partial charge is 0.261 e. The van der Waals surface area contributed by atoms with Crippen molar-refractivity contribution in [2.24, 2.45) is 16.7 Å². The summed E-state index contributed by atoms with van der Waals surface area (Å²) in [6.07, 6.45) is 6.96. The van der Waals surface area contributed by atoms with Crippen LogP contribution in [0.1, 0.15) is 92.4 Å². The number of amides is 1. The van der Waals surface area contributed by atoms with Crippen LogP contribution in [0.5, 0.6) is 0 Å². The molecule has 1 saturated heterocycles. The van der Waals surface area contributed by atoms with Crippen LogP contribution in [0.2, 0.25) is 5.04 Å². The molecular weight excluding hydrogens is 571 g/mol. The van der Waals surface area contributed by atoms with Gasteiger partial charge in [-0.05, 0) is 65.3 Å². The van der Waals surface area contributed by atoms with Crippen molar-refractivity contribution in [1.82, 2.24) is 4.31 Å². The monoisotopic (exact) mass is 619 g/mol. The Hall–Kier alpha value is -2.40. The van der Waals surface area contributed by atoms with Gasteiger partial charge in [0.05, 0.1) is 11.8 Å². The number of carbonyl (C=O) groups excluding carboxylic acids is 1. The second-order valence-electron chi connectivity index (χ2n) is 14.5. The van der Waals surface area contributed by atoms with Crippen LogP contribution in [0.4, 0.5) is 0 Å². The van der Waals surface area contributed by atoms with E-state index in [0.717, 1.165) is 44.9 Å². The van der Waals surface area contributed by atoms with Gasteiger partial charge in [0.1, 0.15) is 0 Å². The molecule has 2 bridgehead atoms. The molecule has 232 valence electrons. The first kappa shape index (κ1) is 32.0. The molecule has 43 heavy (non-hydrogen) atoms. The van der Waals surface area contributed by atoms with Crippen LogP contribution in [0.25, 0.3) is 0 Å². The molecule has 2 aliphatic carbocycles. The van der Waals surface area contributed by atoms with Gasteiger partial charge in [0, 0.05) is 31.3 Å². The number of benzene rings is 2. The van der Waals surface area contributed by atoms with Crippen LogP contribution >= 0.6 is 0 Å². The van der Waals surface area contributed by atoms with Crippen molar-refractivity contribution >= 4 is 34.6 Å². The van der Waals surface area contributed by atoms with E-state index < -0.39 is 18.3 Å². The molecule has 1 unspecified atom stereocenters. The SMILES string of the molecule is CC1(C)[C@H]2CC[C@@]13CS(=O)(=O)N(C(=O)CCCCC#CCCCO[Si](c1ccccc1)(c1ccccc1)C(C)(C)C)C3C2. The molecule has 0 aromatic heterocycles. The molecular formula is C36H49NO4SSi. The number of hydrogen-bond donors (Lipinski definition) is 0. The van der Waals surface area contributed by atoms with Gasteiger partial charge >= 0.3 is 0 Å². The third kappa shape index (κ3) is 5.64. The highest BCUT2D eigenvalue weighted by atomic mass is 32.2. The lowest BCUT2D eigenvalue weighted by Gasteiger charge is -2.43. The van der Waals surface area contributed by atoms with E-state index in [4.69, 9.17) is 4.43 Å². The topological polar surface area (TPSA) is 63.7 Å². The largest absolute Gasteiger partial charge is 0.407 e. The molecule has 1 heterocycles. The van der Waals surface area contributed by atoms with Crippen molar-refractivity contribution in [3.8, 4) is 11.8 Å². The van der Waals surface area contributed by atoms with Gasteiger partial charge in [-0.3, -0.25) is 4.79 Å². The average molecular weight is 620 g/mol. The number of rotatable bonds is 10. The van der Waals surface area contributed by atoms with E-state index in [9.17, 15) is 13.2 Å². The zero-order chi connectivity index (χ0) is 30.9. The van der Waals surface area contributed by atoms with E-state index in [0.29, 0.717) is 18.9 Å². The molecule has 2 aromatic carbocycles. The van der Waals surface area contributed by atoms with Crippen LogP contribution in [0.15, 0.2) is 60.7 Å². The molecule has 2 aromatic rings. The Morgan fingerprint density at radius 1 is 0.953 bits per heavy atom. The second-order valence-corrected chi connectivity index (χ2v) is 20.6. The Labute approximate surface area is 261 Å². The molecule has 3 aliphatic rings. The van der Waals surface area contributed by atoms with Crippen molar-refractivity contribution in [3.05, 3.63) is 60.7 Å². The fourth-order valence-electron chi connectivity index (χ4n) is 8.54. The lowest BCUT2D eigenvalue weighted by molar-refractivity contribution is -0.129. The highest BCUT2D eigenvalue weighted by molar-refractivity contribution is 7.90. The first-order chi connectivity index (χ1) is 20.4. The van der Waals surface area contributed by atoms with E-state index in [1.54, 1.807) is 0 Å². The first-order valence-corrected chi connectivity index (χ1v) is 19.6. The van der Waals surface area contributed by atoms with Crippen molar-refractivity contribution < 1.29 is 17.6 Å². The van der Waals surface area contributed by atoms with Gasteiger partial charge in [0.15, 0.2) is 0 Å². The molecule has 0 N–H and O–H groups in total. The summed E-state index contributed by atoms with van der Waals surface area (Å²) in [5.41, 5.74) is -0.265. The van der Waals surface area contributed by atoms with Crippen LogP contribution in [0, 0.1) is 28.6 Å². The summed E-state index contributed by atoms with van der Waals surface area (Å²) in [6, 6.07) is 21.3. The Bertz CT molecular complexity index is 1420. The maximum Gasteiger partial charge on any atom is 0.261 e. The maximum atomic E-state index is 13.2. The van der Waals surface area contributed by atoms with E-state index in [1.165, 1.54) is 14.7 Å². The lowest BCUT2D eigenvalue weighted by atomic mass is 9.69. The van der Waals surface area contributed by atoms with E-state index >= 15 is 0 Å². The van der Waals surface area contributed by atoms with Crippen LogP contribution < -0.4 is 10.4 Å². The summed E-state index contributed by atoms with van der Waals surface area (Å²) < 4.78 is 34.5. The predicted molar refractivity (Wildman–Crippen MR) is 177 cm³/mol. The Balaban J connectivity index is 1.09. The molecule has 3 atom stereocenters. The summed E-state index contributed by atoms with van der Waals surface area (Å²) in [7, 11) is -6.05. The highest BCUT2D eigenvalue weighted by Crippen LogP contribution is 2.70. The lowest BCUT2D eigenvalue weighted by Crippen LogP contribution is -2.66. The van der Waals surface area contributed by atoms with Gasteiger partial charge in [-0.2, -0.15) is 0 Å². The fraction of sp³-hybridized carbons (Fsp3) is 0.583. The van der Waals surface area contributed by atoms with Gasteiger partial charge < -0.3 is 4.43 Å². The fourth-order valence-corrected chi connectivity index (χ4v) is 15.7.